The lowest BCUT2D eigenvalue weighted by atomic mass is 10.0. The second-order valence-electron chi connectivity index (χ2n) is 6.64. The average Bonchev–Trinajstić information content (AvgIpc) is 3.45. The number of nitrogens with one attached hydrogen (secondary N) is 2. The number of hydrogen-bond acceptors (Lipinski definition) is 3. The minimum atomic E-state index is 0. The van der Waals surface area contributed by atoms with Gasteiger partial charge in [-0.25, -0.2) is 0 Å². The van der Waals surface area contributed by atoms with Gasteiger partial charge in [-0.2, -0.15) is 0 Å². The Bertz CT molecular complexity index is 507. The molecule has 0 spiro atoms. The number of aliphatic hydroxyl groups is 1. The smallest absolute Gasteiger partial charge is 0.191 e. The fourth-order valence-electron chi connectivity index (χ4n) is 2.77. The van der Waals surface area contributed by atoms with Crippen molar-refractivity contribution in [3.05, 3.63) is 35.9 Å². The van der Waals surface area contributed by atoms with E-state index in [2.05, 4.69) is 48.6 Å². The second kappa shape index (κ2) is 11.7. The molecule has 142 valence electrons. The molecule has 1 aliphatic rings. The average molecular weight is 460 g/mol. The summed E-state index contributed by atoms with van der Waals surface area (Å²) in [6, 6.07) is 11.3. The summed E-state index contributed by atoms with van der Waals surface area (Å²) in [6.07, 6.45) is 2.64. The molecule has 2 rings (SSSR count). The molecule has 0 aromatic heterocycles. The third-order valence-corrected chi connectivity index (χ3v) is 4.68. The van der Waals surface area contributed by atoms with Crippen LogP contribution in [-0.2, 0) is 0 Å². The molecule has 5 nitrogen and oxygen atoms in total. The molecule has 1 saturated carbocycles. The van der Waals surface area contributed by atoms with Crippen LogP contribution in [0.3, 0.4) is 0 Å². The molecule has 6 heteroatoms. The SMILES string of the molecule is CCNC(=NCC(C)N(C)C1CC1)NCC(CO)c1ccccc1.I. The largest absolute Gasteiger partial charge is 0.396 e. The first kappa shape index (κ1) is 22.2. The Morgan fingerprint density at radius 1 is 1.28 bits per heavy atom. The molecular formula is C19H33IN4O. The normalized spacial score (nSPS) is 16.9. The minimum Gasteiger partial charge on any atom is -0.396 e. The molecule has 1 aromatic rings. The van der Waals surface area contributed by atoms with Crippen molar-refractivity contribution in [3.63, 3.8) is 0 Å². The third-order valence-electron chi connectivity index (χ3n) is 4.68. The van der Waals surface area contributed by atoms with E-state index in [0.717, 1.165) is 30.7 Å². The predicted octanol–water partition coefficient (Wildman–Crippen LogP) is 2.42. The Labute approximate surface area is 169 Å². The number of aliphatic hydroxyl groups excluding tert-OH is 1. The first-order chi connectivity index (χ1) is 11.7. The fraction of sp³-hybridized carbons (Fsp3) is 0.632. The summed E-state index contributed by atoms with van der Waals surface area (Å²) in [5, 5.41) is 16.3. The molecule has 1 aliphatic carbocycles. The monoisotopic (exact) mass is 460 g/mol. The van der Waals surface area contributed by atoms with E-state index in [0.29, 0.717) is 12.6 Å². The van der Waals surface area contributed by atoms with Crippen LogP contribution in [0.15, 0.2) is 35.3 Å². The van der Waals surface area contributed by atoms with Crippen molar-refractivity contribution in [2.75, 3.05) is 33.3 Å². The lowest BCUT2D eigenvalue weighted by Gasteiger charge is -2.23. The molecule has 0 saturated heterocycles. The fourth-order valence-corrected chi connectivity index (χ4v) is 2.77. The van der Waals surface area contributed by atoms with Crippen LogP contribution in [-0.4, -0.2) is 61.3 Å². The van der Waals surface area contributed by atoms with E-state index < -0.39 is 0 Å². The number of hydrogen-bond donors (Lipinski definition) is 3. The van der Waals surface area contributed by atoms with E-state index in [9.17, 15) is 5.11 Å². The Kier molecular flexibility index (Phi) is 10.4. The van der Waals surface area contributed by atoms with Crippen LogP contribution in [0.1, 0.15) is 38.2 Å². The van der Waals surface area contributed by atoms with Gasteiger partial charge in [-0.1, -0.05) is 30.3 Å². The zero-order valence-electron chi connectivity index (χ0n) is 15.6. The number of halogens is 1. The first-order valence-corrected chi connectivity index (χ1v) is 9.05. The first-order valence-electron chi connectivity index (χ1n) is 9.05. The van der Waals surface area contributed by atoms with Gasteiger partial charge in [0.1, 0.15) is 0 Å². The van der Waals surface area contributed by atoms with Gasteiger partial charge < -0.3 is 15.7 Å². The topological polar surface area (TPSA) is 59.9 Å². The molecule has 0 radical (unpaired) electrons. The summed E-state index contributed by atoms with van der Waals surface area (Å²) in [4.78, 5) is 7.14. The molecule has 1 fully saturated rings. The van der Waals surface area contributed by atoms with Crippen LogP contribution in [0, 0.1) is 0 Å². The van der Waals surface area contributed by atoms with Gasteiger partial charge in [-0.05, 0) is 39.3 Å². The number of rotatable bonds is 9. The second-order valence-corrected chi connectivity index (χ2v) is 6.64. The lowest BCUT2D eigenvalue weighted by molar-refractivity contribution is 0.253. The maximum atomic E-state index is 9.67. The van der Waals surface area contributed by atoms with Gasteiger partial charge in [0.05, 0.1) is 13.2 Å². The van der Waals surface area contributed by atoms with Gasteiger partial charge >= 0.3 is 0 Å². The van der Waals surface area contributed by atoms with E-state index in [4.69, 9.17) is 4.99 Å². The van der Waals surface area contributed by atoms with Crippen molar-refractivity contribution in [2.45, 2.75) is 44.7 Å². The molecule has 0 amide bonds. The highest BCUT2D eigenvalue weighted by atomic mass is 127. The minimum absolute atomic E-state index is 0. The van der Waals surface area contributed by atoms with Crippen LogP contribution in [0.4, 0.5) is 0 Å². The number of likely N-dealkylation sites (N-methyl/N-ethyl adjacent to an activating group) is 1. The molecule has 0 bridgehead atoms. The Morgan fingerprint density at radius 2 is 1.96 bits per heavy atom. The molecule has 2 atom stereocenters. The van der Waals surface area contributed by atoms with Crippen molar-refractivity contribution in [1.82, 2.24) is 15.5 Å². The highest BCUT2D eigenvalue weighted by Crippen LogP contribution is 2.26. The van der Waals surface area contributed by atoms with Gasteiger partial charge in [0.25, 0.3) is 0 Å². The molecule has 1 aromatic carbocycles. The number of nitrogens with zero attached hydrogens (tertiary/aromatic N) is 2. The summed E-state index contributed by atoms with van der Waals surface area (Å²) < 4.78 is 0. The van der Waals surface area contributed by atoms with Crippen molar-refractivity contribution < 1.29 is 5.11 Å². The molecule has 0 aliphatic heterocycles. The summed E-state index contributed by atoms with van der Waals surface area (Å²) in [7, 11) is 2.19. The van der Waals surface area contributed by atoms with Gasteiger partial charge in [0, 0.05) is 31.1 Å². The van der Waals surface area contributed by atoms with E-state index >= 15 is 0 Å². The van der Waals surface area contributed by atoms with Crippen molar-refractivity contribution in [1.29, 1.82) is 0 Å². The van der Waals surface area contributed by atoms with Crippen LogP contribution >= 0.6 is 24.0 Å². The zero-order chi connectivity index (χ0) is 17.4. The lowest BCUT2D eigenvalue weighted by Crippen LogP contribution is -2.41. The van der Waals surface area contributed by atoms with Gasteiger partial charge in [0.2, 0.25) is 0 Å². The Morgan fingerprint density at radius 3 is 2.52 bits per heavy atom. The van der Waals surface area contributed by atoms with E-state index in [1.54, 1.807) is 0 Å². The summed E-state index contributed by atoms with van der Waals surface area (Å²) in [5.41, 5.74) is 1.14. The maximum Gasteiger partial charge on any atom is 0.191 e. The maximum absolute atomic E-state index is 9.67. The van der Waals surface area contributed by atoms with Crippen LogP contribution < -0.4 is 10.6 Å². The van der Waals surface area contributed by atoms with E-state index in [-0.39, 0.29) is 36.5 Å². The highest BCUT2D eigenvalue weighted by molar-refractivity contribution is 14.0. The van der Waals surface area contributed by atoms with Crippen molar-refractivity contribution in [3.8, 4) is 0 Å². The Balaban J connectivity index is 0.00000312. The molecule has 0 heterocycles. The predicted molar refractivity (Wildman–Crippen MR) is 116 cm³/mol. The molecule has 2 unspecified atom stereocenters. The Hall–Kier alpha value is -0.860. The van der Waals surface area contributed by atoms with Crippen LogP contribution in [0.2, 0.25) is 0 Å². The number of aliphatic imine (C=N–C) groups is 1. The molecule has 3 N–H and O–H groups in total. The third kappa shape index (κ3) is 7.50. The van der Waals surface area contributed by atoms with Gasteiger partial charge in [0.15, 0.2) is 5.96 Å². The van der Waals surface area contributed by atoms with Gasteiger partial charge in [-0.3, -0.25) is 9.89 Å². The summed E-state index contributed by atoms with van der Waals surface area (Å²) in [5.74, 6) is 0.893. The van der Waals surface area contributed by atoms with Gasteiger partial charge in [-0.15, -0.1) is 24.0 Å². The van der Waals surface area contributed by atoms with Crippen molar-refractivity contribution >= 4 is 29.9 Å². The summed E-state index contributed by atoms with van der Waals surface area (Å²) in [6.45, 7) is 6.69. The zero-order valence-corrected chi connectivity index (χ0v) is 17.9. The van der Waals surface area contributed by atoms with Crippen LogP contribution in [0.25, 0.3) is 0 Å². The molecular weight excluding hydrogens is 427 g/mol. The number of guanidine groups is 1. The van der Waals surface area contributed by atoms with Crippen molar-refractivity contribution in [2.24, 2.45) is 4.99 Å². The van der Waals surface area contributed by atoms with Crippen LogP contribution in [0.5, 0.6) is 0 Å². The standard InChI is InChI=1S/C19H32N4O.HI/c1-4-20-19(21-12-15(2)23(3)18-10-11-18)22-13-17(14-24)16-8-6-5-7-9-16;/h5-9,15,17-18,24H,4,10-14H2,1-3H3,(H2,20,21,22);1H. The van der Waals surface area contributed by atoms with E-state index in [1.165, 1.54) is 12.8 Å². The quantitative estimate of drug-likeness (QED) is 0.301. The highest BCUT2D eigenvalue weighted by Gasteiger charge is 2.28. The molecule has 25 heavy (non-hydrogen) atoms. The van der Waals surface area contributed by atoms with E-state index in [1.807, 2.05) is 18.2 Å². The number of benzene rings is 1. The summed E-state index contributed by atoms with van der Waals surface area (Å²) >= 11 is 0.